The van der Waals surface area contributed by atoms with E-state index in [2.05, 4.69) is 35.9 Å². The van der Waals surface area contributed by atoms with Crippen LogP contribution in [0.1, 0.15) is 0 Å². The Bertz CT molecular complexity index is 629. The summed E-state index contributed by atoms with van der Waals surface area (Å²) in [5.41, 5.74) is 2.67. The highest BCUT2D eigenvalue weighted by molar-refractivity contribution is 9.10. The maximum Gasteiger partial charge on any atom is 0.162 e. The first kappa shape index (κ1) is 11.9. The Morgan fingerprint density at radius 3 is 2.16 bits per heavy atom. The van der Waals surface area contributed by atoms with Crippen LogP contribution >= 0.6 is 15.9 Å². The fraction of sp³-hybridized carbons (Fsp3) is 0. The van der Waals surface area contributed by atoms with Crippen molar-refractivity contribution in [2.75, 3.05) is 0 Å². The fourth-order valence-electron chi connectivity index (χ4n) is 1.70. The lowest BCUT2D eigenvalue weighted by Crippen LogP contribution is -1.93. The molecule has 0 saturated heterocycles. The number of hydrogen-bond acceptors (Lipinski definition) is 4. The number of nitrogens with zero attached hydrogens (tertiary/aromatic N) is 4. The van der Waals surface area contributed by atoms with E-state index in [-0.39, 0.29) is 0 Å². The van der Waals surface area contributed by atoms with Crippen molar-refractivity contribution in [1.29, 1.82) is 0 Å². The minimum absolute atomic E-state index is 0.640. The van der Waals surface area contributed by atoms with E-state index in [1.165, 1.54) is 0 Å². The molecule has 0 aliphatic rings. The van der Waals surface area contributed by atoms with Crippen LogP contribution in [0.4, 0.5) is 0 Å². The molecule has 0 bridgehead atoms. The predicted molar refractivity (Wildman–Crippen MR) is 76.2 cm³/mol. The van der Waals surface area contributed by atoms with Gasteiger partial charge in [-0.25, -0.2) is 9.97 Å². The van der Waals surface area contributed by atoms with Gasteiger partial charge in [-0.15, -0.1) is 0 Å². The van der Waals surface area contributed by atoms with Crippen LogP contribution in [0.25, 0.3) is 22.6 Å². The molecule has 19 heavy (non-hydrogen) atoms. The van der Waals surface area contributed by atoms with E-state index >= 15 is 0 Å². The molecule has 0 fully saturated rings. The Balaban J connectivity index is 2.12. The van der Waals surface area contributed by atoms with Crippen LogP contribution in [0.2, 0.25) is 0 Å². The van der Waals surface area contributed by atoms with Gasteiger partial charge in [-0.3, -0.25) is 9.97 Å². The van der Waals surface area contributed by atoms with Crippen LogP contribution in [-0.4, -0.2) is 19.9 Å². The van der Waals surface area contributed by atoms with E-state index in [0.29, 0.717) is 5.82 Å². The van der Waals surface area contributed by atoms with E-state index in [4.69, 9.17) is 0 Å². The normalized spacial score (nSPS) is 10.4. The lowest BCUT2D eigenvalue weighted by atomic mass is 10.2. The molecule has 3 aromatic heterocycles. The fourth-order valence-corrected chi connectivity index (χ4v) is 2.09. The molecule has 0 atom stereocenters. The van der Waals surface area contributed by atoms with Gasteiger partial charge in [-0.05, 0) is 46.3 Å². The SMILES string of the molecule is Brc1cc(-c2cccnc2)nc(-c2cccnc2)n1. The quantitative estimate of drug-likeness (QED) is 0.681. The molecule has 92 valence electrons. The maximum absolute atomic E-state index is 4.55. The highest BCUT2D eigenvalue weighted by Gasteiger charge is 2.07. The minimum atomic E-state index is 0.640. The van der Waals surface area contributed by atoms with E-state index in [1.807, 2.05) is 30.3 Å². The highest BCUT2D eigenvalue weighted by atomic mass is 79.9. The Labute approximate surface area is 118 Å². The molecule has 0 aromatic carbocycles. The summed E-state index contributed by atoms with van der Waals surface area (Å²) in [6.07, 6.45) is 6.99. The van der Waals surface area contributed by atoms with Crippen molar-refractivity contribution in [3.63, 3.8) is 0 Å². The topological polar surface area (TPSA) is 51.6 Å². The van der Waals surface area contributed by atoms with Gasteiger partial charge in [0.2, 0.25) is 0 Å². The Morgan fingerprint density at radius 2 is 1.53 bits per heavy atom. The Morgan fingerprint density at radius 1 is 0.842 bits per heavy atom. The minimum Gasteiger partial charge on any atom is -0.264 e. The molecule has 0 spiro atoms. The third-order valence-electron chi connectivity index (χ3n) is 2.57. The van der Waals surface area contributed by atoms with Crippen LogP contribution in [0.5, 0.6) is 0 Å². The molecule has 0 aliphatic carbocycles. The molecule has 5 heteroatoms. The average molecular weight is 313 g/mol. The summed E-state index contributed by atoms with van der Waals surface area (Å²) in [6, 6.07) is 9.52. The van der Waals surface area contributed by atoms with Crippen LogP contribution in [0.15, 0.2) is 59.7 Å². The third-order valence-corrected chi connectivity index (χ3v) is 2.98. The van der Waals surface area contributed by atoms with Crippen molar-refractivity contribution in [2.45, 2.75) is 0 Å². The van der Waals surface area contributed by atoms with Crippen molar-refractivity contribution in [3.8, 4) is 22.6 Å². The first-order valence-electron chi connectivity index (χ1n) is 5.68. The molecule has 3 aromatic rings. The standard InChI is InChI=1S/C14H9BrN4/c15-13-7-12(10-3-1-5-16-8-10)18-14(19-13)11-4-2-6-17-9-11/h1-9H. The van der Waals surface area contributed by atoms with Crippen molar-refractivity contribution in [2.24, 2.45) is 0 Å². The van der Waals surface area contributed by atoms with Gasteiger partial charge in [0, 0.05) is 35.9 Å². The number of halogens is 1. The van der Waals surface area contributed by atoms with Crippen molar-refractivity contribution >= 4 is 15.9 Å². The molecular weight excluding hydrogens is 304 g/mol. The molecule has 0 N–H and O–H groups in total. The summed E-state index contributed by atoms with van der Waals surface area (Å²) in [6.45, 7) is 0. The second-order valence-electron chi connectivity index (χ2n) is 3.88. The smallest absolute Gasteiger partial charge is 0.162 e. The molecular formula is C14H9BrN4. The zero-order valence-corrected chi connectivity index (χ0v) is 11.4. The second-order valence-corrected chi connectivity index (χ2v) is 4.70. The number of aromatic nitrogens is 4. The number of hydrogen-bond donors (Lipinski definition) is 0. The van der Waals surface area contributed by atoms with E-state index < -0.39 is 0 Å². The summed E-state index contributed by atoms with van der Waals surface area (Å²) in [4.78, 5) is 17.1. The van der Waals surface area contributed by atoms with Gasteiger partial charge in [-0.1, -0.05) is 0 Å². The predicted octanol–water partition coefficient (Wildman–Crippen LogP) is 3.36. The summed E-state index contributed by atoms with van der Waals surface area (Å²) in [5, 5.41) is 0. The highest BCUT2D eigenvalue weighted by Crippen LogP contribution is 2.23. The molecule has 0 amide bonds. The van der Waals surface area contributed by atoms with E-state index in [9.17, 15) is 0 Å². The van der Waals surface area contributed by atoms with Gasteiger partial charge in [0.15, 0.2) is 5.82 Å². The molecule has 4 nitrogen and oxygen atoms in total. The monoisotopic (exact) mass is 312 g/mol. The Hall–Kier alpha value is -2.14. The van der Waals surface area contributed by atoms with Crippen LogP contribution in [-0.2, 0) is 0 Å². The number of rotatable bonds is 2. The first-order valence-corrected chi connectivity index (χ1v) is 6.47. The molecule has 0 saturated carbocycles. The molecule has 3 heterocycles. The lowest BCUT2D eigenvalue weighted by Gasteiger charge is -2.05. The average Bonchev–Trinajstić information content (AvgIpc) is 2.48. The van der Waals surface area contributed by atoms with E-state index in [1.54, 1.807) is 24.8 Å². The zero-order valence-electron chi connectivity index (χ0n) is 9.86. The van der Waals surface area contributed by atoms with Crippen LogP contribution in [0.3, 0.4) is 0 Å². The lowest BCUT2D eigenvalue weighted by molar-refractivity contribution is 1.14. The molecule has 3 rings (SSSR count). The summed E-state index contributed by atoms with van der Waals surface area (Å²) < 4.78 is 0.736. The van der Waals surface area contributed by atoms with Gasteiger partial charge < -0.3 is 0 Å². The second kappa shape index (κ2) is 5.24. The summed E-state index contributed by atoms with van der Waals surface area (Å²) in [7, 11) is 0. The molecule has 0 unspecified atom stereocenters. The van der Waals surface area contributed by atoms with Crippen molar-refractivity contribution < 1.29 is 0 Å². The molecule has 0 aliphatic heterocycles. The van der Waals surface area contributed by atoms with Crippen molar-refractivity contribution in [1.82, 2.24) is 19.9 Å². The first-order chi connectivity index (χ1) is 9.33. The van der Waals surface area contributed by atoms with Crippen LogP contribution < -0.4 is 0 Å². The number of pyridine rings is 2. The van der Waals surface area contributed by atoms with Crippen molar-refractivity contribution in [3.05, 3.63) is 59.7 Å². The third kappa shape index (κ3) is 2.66. The maximum atomic E-state index is 4.55. The zero-order chi connectivity index (χ0) is 13.1. The van der Waals surface area contributed by atoms with Gasteiger partial charge in [-0.2, -0.15) is 0 Å². The largest absolute Gasteiger partial charge is 0.264 e. The van der Waals surface area contributed by atoms with Gasteiger partial charge in [0.1, 0.15) is 4.60 Å². The van der Waals surface area contributed by atoms with Gasteiger partial charge in [0.05, 0.1) is 5.69 Å². The van der Waals surface area contributed by atoms with E-state index in [0.717, 1.165) is 21.4 Å². The van der Waals surface area contributed by atoms with Crippen LogP contribution in [0, 0.1) is 0 Å². The summed E-state index contributed by atoms with van der Waals surface area (Å²) >= 11 is 3.42. The molecule has 0 radical (unpaired) electrons. The van der Waals surface area contributed by atoms with Gasteiger partial charge >= 0.3 is 0 Å². The summed E-state index contributed by atoms with van der Waals surface area (Å²) in [5.74, 6) is 0.640. The Kier molecular flexibility index (Phi) is 3.29. The van der Waals surface area contributed by atoms with Gasteiger partial charge in [0.25, 0.3) is 0 Å².